The zero-order valence-corrected chi connectivity index (χ0v) is 13.0. The van der Waals surface area contributed by atoms with Gasteiger partial charge in [0.25, 0.3) is 0 Å². The van der Waals surface area contributed by atoms with Crippen molar-refractivity contribution >= 4 is 0 Å². The van der Waals surface area contributed by atoms with E-state index < -0.39 is 0 Å². The Morgan fingerprint density at radius 2 is 2.05 bits per heavy atom. The summed E-state index contributed by atoms with van der Waals surface area (Å²) in [5.41, 5.74) is 0. The predicted octanol–water partition coefficient (Wildman–Crippen LogP) is 2.32. The van der Waals surface area contributed by atoms with E-state index in [1.54, 1.807) is 0 Å². The molecule has 2 rings (SSSR count). The second-order valence-electron chi connectivity index (χ2n) is 6.44. The van der Waals surface area contributed by atoms with Gasteiger partial charge in [-0.25, -0.2) is 0 Å². The highest BCUT2D eigenvalue weighted by Crippen LogP contribution is 2.21. The van der Waals surface area contributed by atoms with Crippen LogP contribution in [-0.2, 0) is 0 Å². The topological polar surface area (TPSA) is 18.5 Å². The Morgan fingerprint density at radius 1 is 1.16 bits per heavy atom. The minimum Gasteiger partial charge on any atom is -0.315 e. The lowest BCUT2D eigenvalue weighted by molar-refractivity contribution is 0.0312. The molecule has 0 amide bonds. The zero-order valence-electron chi connectivity index (χ0n) is 13.0. The first-order chi connectivity index (χ1) is 9.31. The molecule has 0 aromatic rings. The van der Waals surface area contributed by atoms with Crippen LogP contribution in [0.4, 0.5) is 0 Å². The van der Waals surface area contributed by atoms with E-state index in [0.717, 1.165) is 12.6 Å². The Hall–Kier alpha value is -0.120. The normalized spacial score (nSPS) is 27.2. The molecule has 2 atom stereocenters. The Balaban J connectivity index is 1.64. The number of hydrogen-bond acceptors (Lipinski definition) is 3. The van der Waals surface area contributed by atoms with Gasteiger partial charge in [0.15, 0.2) is 0 Å². The molecule has 3 nitrogen and oxygen atoms in total. The fourth-order valence-corrected chi connectivity index (χ4v) is 3.52. The van der Waals surface area contributed by atoms with Gasteiger partial charge in [0.1, 0.15) is 0 Å². The van der Waals surface area contributed by atoms with E-state index >= 15 is 0 Å². The third kappa shape index (κ3) is 4.73. The Bertz CT molecular complexity index is 244. The highest BCUT2D eigenvalue weighted by atomic mass is 15.3. The number of piperidine rings is 1. The quantitative estimate of drug-likeness (QED) is 0.714. The molecule has 0 aliphatic carbocycles. The van der Waals surface area contributed by atoms with E-state index in [1.165, 1.54) is 71.2 Å². The maximum atomic E-state index is 3.63. The Morgan fingerprint density at radius 3 is 2.89 bits per heavy atom. The molecule has 112 valence electrons. The van der Waals surface area contributed by atoms with Gasteiger partial charge in [-0.05, 0) is 39.3 Å². The molecule has 2 unspecified atom stereocenters. The van der Waals surface area contributed by atoms with Crippen LogP contribution in [0, 0.1) is 0 Å². The van der Waals surface area contributed by atoms with Crippen LogP contribution in [-0.4, -0.2) is 61.2 Å². The maximum absolute atomic E-state index is 3.63. The maximum Gasteiger partial charge on any atom is 0.0223 e. The molecule has 1 N–H and O–H groups in total. The molecule has 0 bridgehead atoms. The number of nitrogens with zero attached hydrogens (tertiary/aromatic N) is 2. The molecule has 3 heteroatoms. The molecule has 2 saturated heterocycles. The average Bonchev–Trinajstić information content (AvgIpc) is 2.46. The summed E-state index contributed by atoms with van der Waals surface area (Å²) in [6.45, 7) is 12.2. The molecule has 2 heterocycles. The van der Waals surface area contributed by atoms with Crippen LogP contribution in [0.15, 0.2) is 0 Å². The van der Waals surface area contributed by atoms with Crippen molar-refractivity contribution < 1.29 is 0 Å². The summed E-state index contributed by atoms with van der Waals surface area (Å²) in [4.78, 5) is 5.43. The van der Waals surface area contributed by atoms with Crippen LogP contribution >= 0.6 is 0 Å². The van der Waals surface area contributed by atoms with Crippen molar-refractivity contribution in [3.63, 3.8) is 0 Å². The van der Waals surface area contributed by atoms with Gasteiger partial charge in [-0.15, -0.1) is 0 Å². The number of piperazine rings is 1. The first kappa shape index (κ1) is 15.3. The minimum absolute atomic E-state index is 0.700. The average molecular weight is 267 g/mol. The summed E-state index contributed by atoms with van der Waals surface area (Å²) in [6.07, 6.45) is 8.31. The first-order valence-electron chi connectivity index (χ1n) is 8.50. The second kappa shape index (κ2) is 8.23. The third-order valence-corrected chi connectivity index (χ3v) is 4.89. The Kier molecular flexibility index (Phi) is 6.62. The molecule has 2 fully saturated rings. The highest BCUT2D eigenvalue weighted by Gasteiger charge is 2.30. The van der Waals surface area contributed by atoms with Gasteiger partial charge >= 0.3 is 0 Å². The molecule has 0 spiro atoms. The summed E-state index contributed by atoms with van der Waals surface area (Å²) >= 11 is 0. The Labute approximate surface area is 119 Å². The lowest BCUT2D eigenvalue weighted by Gasteiger charge is -2.46. The molecule has 2 aliphatic heterocycles. The monoisotopic (exact) mass is 267 g/mol. The number of rotatable bonds is 7. The standard InChI is InChI=1S/C16H33N3/c1-3-4-6-9-17-13-15(2)19-12-11-18-10-7-5-8-16(18)14-19/h15-17H,3-14H2,1-2H3. The third-order valence-electron chi connectivity index (χ3n) is 4.89. The fraction of sp³-hybridized carbons (Fsp3) is 1.00. The molecule has 0 aromatic carbocycles. The zero-order chi connectivity index (χ0) is 13.5. The predicted molar refractivity (Wildman–Crippen MR) is 82.6 cm³/mol. The van der Waals surface area contributed by atoms with Crippen molar-refractivity contribution in [1.29, 1.82) is 0 Å². The van der Waals surface area contributed by atoms with Gasteiger partial charge in [0.2, 0.25) is 0 Å². The summed E-state index contributed by atoms with van der Waals surface area (Å²) < 4.78 is 0. The van der Waals surface area contributed by atoms with Crippen molar-refractivity contribution in [2.75, 3.05) is 39.3 Å². The van der Waals surface area contributed by atoms with E-state index in [2.05, 4.69) is 29.0 Å². The molecule has 0 radical (unpaired) electrons. The van der Waals surface area contributed by atoms with Crippen LogP contribution in [0.1, 0.15) is 52.4 Å². The van der Waals surface area contributed by atoms with Crippen molar-refractivity contribution in [3.05, 3.63) is 0 Å². The lowest BCUT2D eigenvalue weighted by Crippen LogP contribution is -2.58. The van der Waals surface area contributed by atoms with Gasteiger partial charge in [-0.2, -0.15) is 0 Å². The van der Waals surface area contributed by atoms with Gasteiger partial charge in [-0.3, -0.25) is 9.80 Å². The van der Waals surface area contributed by atoms with Crippen LogP contribution in [0.2, 0.25) is 0 Å². The number of fused-ring (bicyclic) bond motifs is 1. The van der Waals surface area contributed by atoms with Gasteiger partial charge in [-0.1, -0.05) is 26.2 Å². The van der Waals surface area contributed by atoms with Gasteiger partial charge in [0, 0.05) is 38.3 Å². The van der Waals surface area contributed by atoms with Crippen LogP contribution < -0.4 is 5.32 Å². The summed E-state index contributed by atoms with van der Waals surface area (Å²) in [6, 6.07) is 1.55. The summed E-state index contributed by atoms with van der Waals surface area (Å²) in [5.74, 6) is 0. The SMILES string of the molecule is CCCCCNCC(C)N1CCN2CCCCC2C1. The molecule has 0 saturated carbocycles. The number of unbranched alkanes of at least 4 members (excludes halogenated alkanes) is 2. The summed E-state index contributed by atoms with van der Waals surface area (Å²) in [5, 5.41) is 3.63. The fourth-order valence-electron chi connectivity index (χ4n) is 3.52. The van der Waals surface area contributed by atoms with Crippen LogP contribution in [0.3, 0.4) is 0 Å². The lowest BCUT2D eigenvalue weighted by atomic mass is 9.99. The highest BCUT2D eigenvalue weighted by molar-refractivity contribution is 4.87. The first-order valence-corrected chi connectivity index (χ1v) is 8.50. The molecular weight excluding hydrogens is 234 g/mol. The van der Waals surface area contributed by atoms with Crippen molar-refractivity contribution in [1.82, 2.24) is 15.1 Å². The van der Waals surface area contributed by atoms with E-state index in [4.69, 9.17) is 0 Å². The molecule has 19 heavy (non-hydrogen) atoms. The van der Waals surface area contributed by atoms with Crippen LogP contribution in [0.5, 0.6) is 0 Å². The summed E-state index contributed by atoms with van der Waals surface area (Å²) in [7, 11) is 0. The van der Waals surface area contributed by atoms with Crippen molar-refractivity contribution in [2.45, 2.75) is 64.5 Å². The van der Waals surface area contributed by atoms with Crippen molar-refractivity contribution in [2.24, 2.45) is 0 Å². The molecular formula is C16H33N3. The van der Waals surface area contributed by atoms with E-state index in [9.17, 15) is 0 Å². The van der Waals surface area contributed by atoms with Crippen LogP contribution in [0.25, 0.3) is 0 Å². The van der Waals surface area contributed by atoms with E-state index in [1.807, 2.05) is 0 Å². The largest absolute Gasteiger partial charge is 0.315 e. The molecule has 2 aliphatic rings. The number of hydrogen-bond donors (Lipinski definition) is 1. The second-order valence-corrected chi connectivity index (χ2v) is 6.44. The van der Waals surface area contributed by atoms with Gasteiger partial charge in [0.05, 0.1) is 0 Å². The van der Waals surface area contributed by atoms with E-state index in [-0.39, 0.29) is 0 Å². The minimum atomic E-state index is 0.700. The van der Waals surface area contributed by atoms with E-state index in [0.29, 0.717) is 6.04 Å². The van der Waals surface area contributed by atoms with Gasteiger partial charge < -0.3 is 5.32 Å². The molecule has 0 aromatic heterocycles. The van der Waals surface area contributed by atoms with Crippen molar-refractivity contribution in [3.8, 4) is 0 Å². The number of nitrogens with one attached hydrogen (secondary N) is 1. The smallest absolute Gasteiger partial charge is 0.0223 e.